The van der Waals surface area contributed by atoms with Gasteiger partial charge in [0.05, 0.1) is 45.9 Å². The van der Waals surface area contributed by atoms with Crippen molar-refractivity contribution in [3.63, 3.8) is 0 Å². The number of carbonyl (C=O) groups excluding carboxylic acids is 2. The Kier molecular flexibility index (Phi) is 8.28. The molecule has 0 saturated heterocycles. The summed E-state index contributed by atoms with van der Waals surface area (Å²) in [6.07, 6.45) is 5.68. The average Bonchev–Trinajstić information content (AvgIpc) is 3.28. The van der Waals surface area contributed by atoms with Gasteiger partial charge >= 0.3 is 11.9 Å². The third-order valence-corrected chi connectivity index (χ3v) is 8.68. The summed E-state index contributed by atoms with van der Waals surface area (Å²) in [4.78, 5) is 36.5. The molecule has 1 fully saturated rings. The van der Waals surface area contributed by atoms with Crippen molar-refractivity contribution in [1.29, 1.82) is 0 Å². The van der Waals surface area contributed by atoms with Gasteiger partial charge in [0.15, 0.2) is 0 Å². The van der Waals surface area contributed by atoms with Crippen molar-refractivity contribution in [3.8, 4) is 21.7 Å². The summed E-state index contributed by atoms with van der Waals surface area (Å²) < 4.78 is 10.8. The minimum Gasteiger partial charge on any atom is -0.465 e. The molecule has 0 atom stereocenters. The highest BCUT2D eigenvalue weighted by Crippen LogP contribution is 2.42. The van der Waals surface area contributed by atoms with Crippen molar-refractivity contribution in [2.75, 3.05) is 7.11 Å². The Labute approximate surface area is 246 Å². The molecule has 0 radical (unpaired) electrons. The van der Waals surface area contributed by atoms with Crippen molar-refractivity contribution in [1.82, 2.24) is 9.97 Å². The van der Waals surface area contributed by atoms with Gasteiger partial charge in [-0.25, -0.2) is 14.8 Å². The summed E-state index contributed by atoms with van der Waals surface area (Å²) in [5.74, 6) is -0.421. The summed E-state index contributed by atoms with van der Waals surface area (Å²) in [7, 11) is 1.39. The Morgan fingerprint density at radius 2 is 1.73 bits per heavy atom. The molecule has 214 valence electrons. The lowest BCUT2D eigenvalue weighted by Gasteiger charge is -2.27. The lowest BCUT2D eigenvalue weighted by molar-refractivity contribution is -0.153. The Bertz CT molecular complexity index is 1610. The first-order valence-electron chi connectivity index (χ1n) is 14.3. The van der Waals surface area contributed by atoms with Crippen LogP contribution in [0.2, 0.25) is 0 Å². The van der Waals surface area contributed by atoms with E-state index in [1.54, 1.807) is 17.4 Å². The van der Waals surface area contributed by atoms with Gasteiger partial charge in [0.1, 0.15) is 5.60 Å². The van der Waals surface area contributed by atoms with Crippen molar-refractivity contribution in [2.24, 2.45) is 0 Å². The standard InChI is InChI=1S/C34H38N2O4S/c1-20-32(41-21(2)35-20)29-15-12-23-16-24(13-14-28(23)36-29)31-25(19-30(37)40-34(3,4)5)17-26(33(38)39-6)18-27(31)22-10-8-7-9-11-22/h12-18,22H,7-11,19H2,1-6H3. The molecule has 0 spiro atoms. The van der Waals surface area contributed by atoms with Crippen molar-refractivity contribution in [2.45, 2.75) is 84.7 Å². The highest BCUT2D eigenvalue weighted by molar-refractivity contribution is 7.15. The van der Waals surface area contributed by atoms with Crippen LogP contribution in [0.25, 0.3) is 32.6 Å². The van der Waals surface area contributed by atoms with Crippen molar-refractivity contribution >= 4 is 34.2 Å². The van der Waals surface area contributed by atoms with Gasteiger partial charge in [-0.2, -0.15) is 0 Å². The zero-order valence-electron chi connectivity index (χ0n) is 24.8. The highest BCUT2D eigenvalue weighted by Gasteiger charge is 2.26. The molecule has 2 heterocycles. The molecule has 41 heavy (non-hydrogen) atoms. The van der Waals surface area contributed by atoms with E-state index in [0.29, 0.717) is 11.5 Å². The maximum absolute atomic E-state index is 13.1. The number of aromatic nitrogens is 2. The van der Waals surface area contributed by atoms with Gasteiger partial charge in [-0.15, -0.1) is 11.3 Å². The molecule has 2 aromatic carbocycles. The van der Waals surface area contributed by atoms with Gasteiger partial charge in [0.25, 0.3) is 0 Å². The molecular formula is C34H38N2O4S. The first kappa shape index (κ1) is 28.9. The van der Waals surface area contributed by atoms with Crippen molar-refractivity contribution in [3.05, 3.63) is 69.9 Å². The predicted octanol–water partition coefficient (Wildman–Crippen LogP) is 8.36. The lowest BCUT2D eigenvalue weighted by Crippen LogP contribution is -2.25. The zero-order valence-corrected chi connectivity index (χ0v) is 25.6. The van der Waals surface area contributed by atoms with Gasteiger partial charge in [-0.05, 0) is 106 Å². The topological polar surface area (TPSA) is 78.4 Å². The smallest absolute Gasteiger partial charge is 0.337 e. The Balaban J connectivity index is 1.66. The second-order valence-electron chi connectivity index (χ2n) is 11.9. The van der Waals surface area contributed by atoms with Gasteiger partial charge in [-0.1, -0.05) is 31.4 Å². The Morgan fingerprint density at radius 3 is 2.39 bits per heavy atom. The minimum absolute atomic E-state index is 0.0659. The number of ether oxygens (including phenoxy) is 2. The van der Waals surface area contributed by atoms with E-state index in [0.717, 1.165) is 80.1 Å². The number of hydrogen-bond donors (Lipinski definition) is 0. The first-order chi connectivity index (χ1) is 19.5. The number of fused-ring (bicyclic) bond motifs is 1. The van der Waals surface area contributed by atoms with Crippen molar-refractivity contribution < 1.29 is 19.1 Å². The zero-order chi connectivity index (χ0) is 29.3. The molecule has 2 aromatic heterocycles. The monoisotopic (exact) mass is 570 g/mol. The van der Waals surface area contributed by atoms with Crippen LogP contribution in [0.15, 0.2) is 42.5 Å². The highest BCUT2D eigenvalue weighted by atomic mass is 32.1. The fourth-order valence-electron chi connectivity index (χ4n) is 5.90. The summed E-state index contributed by atoms with van der Waals surface area (Å²) in [6, 6.07) is 14.2. The number of pyridine rings is 1. The van der Waals surface area contributed by atoms with E-state index < -0.39 is 11.6 Å². The molecule has 0 aliphatic heterocycles. The Morgan fingerprint density at radius 1 is 0.976 bits per heavy atom. The molecule has 4 aromatic rings. The van der Waals surface area contributed by atoms with E-state index in [4.69, 9.17) is 14.5 Å². The molecule has 1 saturated carbocycles. The fraction of sp³-hybridized carbons (Fsp3) is 0.412. The molecule has 1 aliphatic carbocycles. The largest absolute Gasteiger partial charge is 0.465 e. The fourth-order valence-corrected chi connectivity index (χ4v) is 6.79. The quantitative estimate of drug-likeness (QED) is 0.217. The molecule has 0 unspecified atom stereocenters. The lowest BCUT2D eigenvalue weighted by atomic mass is 9.78. The van der Waals surface area contributed by atoms with E-state index >= 15 is 0 Å². The molecular weight excluding hydrogens is 532 g/mol. The normalized spacial score (nSPS) is 14.3. The van der Waals surface area contributed by atoms with Gasteiger partial charge in [0, 0.05) is 5.39 Å². The maximum Gasteiger partial charge on any atom is 0.337 e. The number of aryl methyl sites for hydroxylation is 2. The third-order valence-electron chi connectivity index (χ3n) is 7.59. The first-order valence-corrected chi connectivity index (χ1v) is 15.2. The SMILES string of the molecule is COC(=O)c1cc(CC(=O)OC(C)(C)C)c(-c2ccc3nc(-c4sc(C)nc4C)ccc3c2)c(C2CCCCC2)c1. The van der Waals surface area contributed by atoms with Crippen LogP contribution in [-0.2, 0) is 20.7 Å². The van der Waals surface area contributed by atoms with Crippen LogP contribution in [0, 0.1) is 13.8 Å². The van der Waals surface area contributed by atoms with E-state index in [9.17, 15) is 9.59 Å². The van der Waals surface area contributed by atoms with Crippen LogP contribution in [0.5, 0.6) is 0 Å². The van der Waals surface area contributed by atoms with Gasteiger partial charge in [0.2, 0.25) is 0 Å². The van der Waals surface area contributed by atoms with Crippen LogP contribution in [0.1, 0.15) is 91.0 Å². The van der Waals surface area contributed by atoms with E-state index in [-0.39, 0.29) is 12.4 Å². The number of methoxy groups -OCH3 is 1. The van der Waals surface area contributed by atoms with Gasteiger partial charge in [-0.3, -0.25) is 4.79 Å². The van der Waals surface area contributed by atoms with Crippen LogP contribution < -0.4 is 0 Å². The molecule has 6 nitrogen and oxygen atoms in total. The number of esters is 2. The van der Waals surface area contributed by atoms with Gasteiger partial charge < -0.3 is 9.47 Å². The molecule has 7 heteroatoms. The number of thiazole rings is 1. The van der Waals surface area contributed by atoms with E-state index in [2.05, 4.69) is 29.2 Å². The molecule has 5 rings (SSSR count). The molecule has 0 N–H and O–H groups in total. The minimum atomic E-state index is -0.606. The summed E-state index contributed by atoms with van der Waals surface area (Å²) >= 11 is 1.66. The van der Waals surface area contributed by atoms with Crippen LogP contribution in [0.3, 0.4) is 0 Å². The second-order valence-corrected chi connectivity index (χ2v) is 13.1. The number of carbonyl (C=O) groups is 2. The number of hydrogen-bond acceptors (Lipinski definition) is 7. The predicted molar refractivity (Wildman–Crippen MR) is 164 cm³/mol. The third kappa shape index (κ3) is 6.51. The van der Waals surface area contributed by atoms with Crippen LogP contribution >= 0.6 is 11.3 Å². The summed E-state index contributed by atoms with van der Waals surface area (Å²) in [6.45, 7) is 9.63. The van der Waals surface area contributed by atoms with E-state index in [1.807, 2.05) is 46.8 Å². The summed E-state index contributed by atoms with van der Waals surface area (Å²) in [5.41, 5.74) is 6.57. The number of benzene rings is 2. The second kappa shape index (κ2) is 11.7. The molecule has 1 aliphatic rings. The van der Waals surface area contributed by atoms with Crippen LogP contribution in [-0.4, -0.2) is 34.6 Å². The Hall–Kier alpha value is -3.58. The van der Waals surface area contributed by atoms with E-state index in [1.165, 1.54) is 13.5 Å². The average molecular weight is 571 g/mol. The molecule has 0 bridgehead atoms. The summed E-state index contributed by atoms with van der Waals surface area (Å²) in [5, 5.41) is 2.04. The maximum atomic E-state index is 13.1. The number of rotatable bonds is 6. The number of nitrogens with zero attached hydrogens (tertiary/aromatic N) is 2. The van der Waals surface area contributed by atoms with Crippen LogP contribution in [0.4, 0.5) is 0 Å². The molecule has 0 amide bonds.